The summed E-state index contributed by atoms with van der Waals surface area (Å²) in [5.41, 5.74) is 10.7. The molecule has 244 valence electrons. The normalized spacial score (nSPS) is 11.5. The maximum atomic E-state index is 2.41. The van der Waals surface area contributed by atoms with Crippen molar-refractivity contribution in [3.05, 3.63) is 200 Å². The highest BCUT2D eigenvalue weighted by Gasteiger charge is 2.18. The first-order chi connectivity index (χ1) is 25.7. The molecule has 0 aliphatic carbocycles. The summed E-state index contributed by atoms with van der Waals surface area (Å²) >= 11 is 1.86. The van der Waals surface area contributed by atoms with Gasteiger partial charge in [-0.2, -0.15) is 0 Å². The second kappa shape index (κ2) is 12.7. The van der Waals surface area contributed by atoms with Crippen LogP contribution in [0.3, 0.4) is 0 Å². The summed E-state index contributed by atoms with van der Waals surface area (Å²) in [6.45, 7) is 0. The number of thiophene rings is 1. The molecule has 0 saturated carbocycles. The van der Waals surface area contributed by atoms with Crippen LogP contribution in [0, 0.1) is 0 Å². The summed E-state index contributed by atoms with van der Waals surface area (Å²) in [4.78, 5) is 2.41. The van der Waals surface area contributed by atoms with Crippen LogP contribution < -0.4 is 4.90 Å². The number of benzene rings is 9. The van der Waals surface area contributed by atoms with Crippen LogP contribution in [0.15, 0.2) is 200 Å². The molecule has 1 heterocycles. The molecular weight excluding hydrogens is 647 g/mol. The predicted octanol–water partition coefficient (Wildman–Crippen LogP) is 14.8. The van der Waals surface area contributed by atoms with Crippen molar-refractivity contribution in [2.24, 2.45) is 0 Å². The summed E-state index contributed by atoms with van der Waals surface area (Å²) in [6, 6.07) is 73.0. The van der Waals surface area contributed by atoms with E-state index >= 15 is 0 Å². The van der Waals surface area contributed by atoms with E-state index in [1.54, 1.807) is 0 Å². The van der Waals surface area contributed by atoms with E-state index in [2.05, 4.69) is 205 Å². The first kappa shape index (κ1) is 30.4. The molecule has 2 heteroatoms. The first-order valence-corrected chi connectivity index (χ1v) is 18.6. The Bertz CT molecular complexity index is 2900. The molecule has 0 atom stereocenters. The highest BCUT2D eigenvalue weighted by molar-refractivity contribution is 7.25. The fourth-order valence-corrected chi connectivity index (χ4v) is 8.73. The topological polar surface area (TPSA) is 3.24 Å². The number of nitrogens with zero attached hydrogens (tertiary/aromatic N) is 1. The van der Waals surface area contributed by atoms with Crippen molar-refractivity contribution in [2.75, 3.05) is 4.90 Å². The van der Waals surface area contributed by atoms with Crippen molar-refractivity contribution in [1.82, 2.24) is 0 Å². The van der Waals surface area contributed by atoms with Gasteiger partial charge in [0, 0.05) is 37.1 Å². The lowest BCUT2D eigenvalue weighted by atomic mass is 9.96. The minimum Gasteiger partial charge on any atom is -0.310 e. The van der Waals surface area contributed by atoms with Crippen molar-refractivity contribution in [3.63, 3.8) is 0 Å². The number of rotatable bonds is 6. The highest BCUT2D eigenvalue weighted by Crippen LogP contribution is 2.44. The van der Waals surface area contributed by atoms with Crippen molar-refractivity contribution >= 4 is 70.1 Å². The molecule has 0 amide bonds. The van der Waals surface area contributed by atoms with Crippen LogP contribution in [-0.4, -0.2) is 0 Å². The van der Waals surface area contributed by atoms with Gasteiger partial charge in [-0.15, -0.1) is 11.3 Å². The van der Waals surface area contributed by atoms with E-state index < -0.39 is 0 Å². The van der Waals surface area contributed by atoms with E-state index in [-0.39, 0.29) is 0 Å². The van der Waals surface area contributed by atoms with Crippen molar-refractivity contribution < 1.29 is 0 Å². The zero-order valence-electron chi connectivity index (χ0n) is 28.4. The third-order valence-corrected chi connectivity index (χ3v) is 11.4. The first-order valence-electron chi connectivity index (χ1n) is 17.7. The van der Waals surface area contributed by atoms with Crippen LogP contribution in [0.25, 0.3) is 75.1 Å². The van der Waals surface area contributed by atoms with Crippen molar-refractivity contribution in [2.45, 2.75) is 0 Å². The Morgan fingerprint density at radius 1 is 0.308 bits per heavy atom. The minimum absolute atomic E-state index is 1.12. The monoisotopic (exact) mass is 679 g/mol. The average molecular weight is 680 g/mol. The minimum atomic E-state index is 1.12. The second-order valence-electron chi connectivity index (χ2n) is 13.4. The van der Waals surface area contributed by atoms with E-state index in [1.807, 2.05) is 11.3 Å². The Morgan fingerprint density at radius 3 is 1.65 bits per heavy atom. The van der Waals surface area contributed by atoms with Crippen LogP contribution in [0.4, 0.5) is 17.1 Å². The lowest BCUT2D eigenvalue weighted by Gasteiger charge is -2.28. The lowest BCUT2D eigenvalue weighted by molar-refractivity contribution is 1.29. The van der Waals surface area contributed by atoms with Gasteiger partial charge < -0.3 is 4.90 Å². The SMILES string of the molecule is c1ccc(-c2ccccc2N(c2ccc(-c3ccc4ccc(-c5ccc6ccccc6c5)cc4c3)cc2)c2ccc3c(c2)sc2ccccc23)cc1. The third-order valence-electron chi connectivity index (χ3n) is 10.2. The molecular formula is C50H33NS. The fourth-order valence-electron chi connectivity index (χ4n) is 7.59. The molecule has 10 rings (SSSR count). The van der Waals surface area contributed by atoms with Crippen LogP contribution >= 0.6 is 11.3 Å². The van der Waals surface area contributed by atoms with Crippen molar-refractivity contribution in [3.8, 4) is 33.4 Å². The third kappa shape index (κ3) is 5.42. The van der Waals surface area contributed by atoms with Gasteiger partial charge in [-0.05, 0) is 104 Å². The zero-order chi connectivity index (χ0) is 34.4. The molecule has 0 unspecified atom stereocenters. The zero-order valence-corrected chi connectivity index (χ0v) is 29.2. The molecule has 0 aliphatic heterocycles. The Morgan fingerprint density at radius 2 is 0.865 bits per heavy atom. The van der Waals surface area contributed by atoms with Gasteiger partial charge in [0.15, 0.2) is 0 Å². The lowest BCUT2D eigenvalue weighted by Crippen LogP contribution is -2.11. The van der Waals surface area contributed by atoms with Gasteiger partial charge in [-0.1, -0.05) is 146 Å². The standard InChI is InChI=1S/C50H33NS/c1-2-11-37(12-3-1)45-14-6-8-16-48(45)51(44-28-29-47-46-15-7-9-17-49(46)52-50(47)33-44)43-26-24-35(25-27-43)39-21-19-36-20-23-41(32-42(36)31-39)40-22-18-34-10-4-5-13-38(34)30-40/h1-33H. The van der Waals surface area contributed by atoms with E-state index in [0.717, 1.165) is 17.1 Å². The maximum Gasteiger partial charge on any atom is 0.0540 e. The second-order valence-corrected chi connectivity index (χ2v) is 14.5. The van der Waals surface area contributed by atoms with E-state index in [0.29, 0.717) is 0 Å². The summed E-state index contributed by atoms with van der Waals surface area (Å²) in [5, 5.41) is 7.62. The summed E-state index contributed by atoms with van der Waals surface area (Å²) in [6.07, 6.45) is 0. The number of hydrogen-bond donors (Lipinski definition) is 0. The summed E-state index contributed by atoms with van der Waals surface area (Å²) in [5.74, 6) is 0. The van der Waals surface area contributed by atoms with Gasteiger partial charge >= 0.3 is 0 Å². The van der Waals surface area contributed by atoms with Gasteiger partial charge in [-0.3, -0.25) is 0 Å². The highest BCUT2D eigenvalue weighted by atomic mass is 32.1. The molecule has 52 heavy (non-hydrogen) atoms. The van der Waals surface area contributed by atoms with Crippen LogP contribution in [-0.2, 0) is 0 Å². The summed E-state index contributed by atoms with van der Waals surface area (Å²) in [7, 11) is 0. The maximum absolute atomic E-state index is 2.41. The molecule has 0 saturated heterocycles. The number of anilines is 3. The molecule has 9 aromatic carbocycles. The smallest absolute Gasteiger partial charge is 0.0540 e. The quantitative estimate of drug-likeness (QED) is 0.169. The number of fused-ring (bicyclic) bond motifs is 5. The van der Waals surface area contributed by atoms with Crippen LogP contribution in [0.1, 0.15) is 0 Å². The van der Waals surface area contributed by atoms with Gasteiger partial charge in [0.1, 0.15) is 0 Å². The summed E-state index contributed by atoms with van der Waals surface area (Å²) < 4.78 is 2.60. The molecule has 1 nitrogen and oxygen atoms in total. The molecule has 0 spiro atoms. The van der Waals surface area contributed by atoms with Crippen molar-refractivity contribution in [1.29, 1.82) is 0 Å². The van der Waals surface area contributed by atoms with Gasteiger partial charge in [0.2, 0.25) is 0 Å². The van der Waals surface area contributed by atoms with E-state index in [9.17, 15) is 0 Å². The number of hydrogen-bond acceptors (Lipinski definition) is 2. The molecule has 0 N–H and O–H groups in total. The Balaban J connectivity index is 1.06. The van der Waals surface area contributed by atoms with Crippen LogP contribution in [0.5, 0.6) is 0 Å². The molecule has 1 aromatic heterocycles. The van der Waals surface area contributed by atoms with E-state index in [1.165, 1.54) is 75.1 Å². The Kier molecular flexibility index (Phi) is 7.41. The largest absolute Gasteiger partial charge is 0.310 e. The molecule has 10 aromatic rings. The molecule has 0 bridgehead atoms. The van der Waals surface area contributed by atoms with E-state index in [4.69, 9.17) is 0 Å². The van der Waals surface area contributed by atoms with Gasteiger partial charge in [0.05, 0.1) is 5.69 Å². The fraction of sp³-hybridized carbons (Fsp3) is 0. The van der Waals surface area contributed by atoms with Gasteiger partial charge in [-0.25, -0.2) is 0 Å². The number of para-hydroxylation sites is 1. The molecule has 0 radical (unpaired) electrons. The van der Waals surface area contributed by atoms with Crippen LogP contribution in [0.2, 0.25) is 0 Å². The van der Waals surface area contributed by atoms with Gasteiger partial charge in [0.25, 0.3) is 0 Å². The Labute approximate surface area is 307 Å². The Hall–Kier alpha value is -6.48. The molecule has 0 fully saturated rings. The molecule has 0 aliphatic rings. The average Bonchev–Trinajstić information content (AvgIpc) is 3.59. The predicted molar refractivity (Wildman–Crippen MR) is 225 cm³/mol.